The van der Waals surface area contributed by atoms with Crippen LogP contribution in [0.5, 0.6) is 0 Å². The van der Waals surface area contributed by atoms with Crippen molar-refractivity contribution in [3.05, 3.63) is 0 Å². The van der Waals surface area contributed by atoms with Crippen LogP contribution in [0.2, 0.25) is 0 Å². The summed E-state index contributed by atoms with van der Waals surface area (Å²) in [7, 11) is 0. The molecule has 5 heteroatoms. The first-order valence-corrected chi connectivity index (χ1v) is 4.78. The normalized spacial score (nSPS) is 12.5. The van der Waals surface area contributed by atoms with Crippen molar-refractivity contribution in [1.29, 1.82) is 0 Å². The van der Waals surface area contributed by atoms with E-state index >= 15 is 0 Å². The molecule has 15 heavy (non-hydrogen) atoms. The van der Waals surface area contributed by atoms with Crippen molar-refractivity contribution in [2.45, 2.75) is 40.5 Å². The van der Waals surface area contributed by atoms with Crippen molar-refractivity contribution in [2.75, 3.05) is 0 Å². The van der Waals surface area contributed by atoms with E-state index in [1.54, 1.807) is 13.8 Å². The average molecular weight is 295 g/mol. The van der Waals surface area contributed by atoms with Crippen molar-refractivity contribution < 1.29 is 42.2 Å². The molecule has 0 N–H and O–H groups in total. The fraction of sp³-hybridized carbons (Fsp3) is 0.800. The van der Waals surface area contributed by atoms with E-state index in [4.69, 9.17) is 0 Å². The van der Waals surface area contributed by atoms with Crippen LogP contribution in [0.15, 0.2) is 0 Å². The maximum atomic E-state index is 9.82. The molecular formula is C10H18NbO4. The molecule has 4 nitrogen and oxygen atoms in total. The molecule has 0 aliphatic rings. The second-order valence-electron chi connectivity index (χ2n) is 3.26. The van der Waals surface area contributed by atoms with E-state index in [9.17, 15) is 19.8 Å². The van der Waals surface area contributed by atoms with Gasteiger partial charge in [0.1, 0.15) is 0 Å². The Morgan fingerprint density at radius 1 is 0.933 bits per heavy atom. The predicted molar refractivity (Wildman–Crippen MR) is 48.9 cm³/mol. The van der Waals surface area contributed by atoms with Gasteiger partial charge in [0.15, 0.2) is 0 Å². The number of hydrogen-bond acceptors (Lipinski definition) is 4. The molecule has 0 saturated heterocycles. The fourth-order valence-corrected chi connectivity index (χ4v) is 0.333. The van der Waals surface area contributed by atoms with Gasteiger partial charge in [0.2, 0.25) is 0 Å². The molecule has 0 aliphatic heterocycles. The van der Waals surface area contributed by atoms with Crippen molar-refractivity contribution in [2.24, 2.45) is 11.8 Å². The van der Waals surface area contributed by atoms with Crippen molar-refractivity contribution in [1.82, 2.24) is 0 Å². The van der Waals surface area contributed by atoms with Crippen molar-refractivity contribution >= 4 is 11.9 Å². The summed E-state index contributed by atoms with van der Waals surface area (Å²) in [5.41, 5.74) is 0. The van der Waals surface area contributed by atoms with Gasteiger partial charge in [-0.15, -0.1) is 0 Å². The Balaban J connectivity index is -0.000000180. The Morgan fingerprint density at radius 3 is 1.13 bits per heavy atom. The molecule has 0 aromatic rings. The van der Waals surface area contributed by atoms with Gasteiger partial charge < -0.3 is 19.8 Å². The Hall–Kier alpha value is -0.320. The van der Waals surface area contributed by atoms with E-state index < -0.39 is 11.9 Å². The minimum Gasteiger partial charge on any atom is -0.550 e. The van der Waals surface area contributed by atoms with Gasteiger partial charge in [0, 0.05) is 11.9 Å². The molecule has 0 fully saturated rings. The molecular weight excluding hydrogens is 277 g/mol. The molecule has 0 aromatic carbocycles. The summed E-state index contributed by atoms with van der Waals surface area (Å²) in [6, 6.07) is 0. The molecule has 2 atom stereocenters. The molecule has 1 radical (unpaired) electrons. The predicted octanol–water partition coefficient (Wildman–Crippen LogP) is -0.438. The number of hydrogen-bond donors (Lipinski definition) is 0. The van der Waals surface area contributed by atoms with Crippen LogP contribution in [-0.4, -0.2) is 11.9 Å². The average Bonchev–Trinajstić information content (AvgIpc) is 2.15. The molecule has 0 rings (SSSR count). The van der Waals surface area contributed by atoms with Crippen molar-refractivity contribution in [3.8, 4) is 0 Å². The maximum Gasteiger partial charge on any atom is 2.00 e. The largest absolute Gasteiger partial charge is 2.00 e. The third-order valence-electron chi connectivity index (χ3n) is 2.03. The quantitative estimate of drug-likeness (QED) is 0.659. The van der Waals surface area contributed by atoms with E-state index in [-0.39, 0.29) is 34.2 Å². The first kappa shape index (κ1) is 20.1. The summed E-state index contributed by atoms with van der Waals surface area (Å²) in [5, 5.41) is 19.6. The minimum absolute atomic E-state index is 0. The summed E-state index contributed by atoms with van der Waals surface area (Å²) in [6.07, 6.45) is 1.31. The second-order valence-corrected chi connectivity index (χ2v) is 3.26. The topological polar surface area (TPSA) is 80.3 Å². The summed E-state index contributed by atoms with van der Waals surface area (Å²) in [5.74, 6) is -2.50. The van der Waals surface area contributed by atoms with Crippen LogP contribution in [0.4, 0.5) is 0 Å². The van der Waals surface area contributed by atoms with Crippen LogP contribution in [0.3, 0.4) is 0 Å². The second kappa shape index (κ2) is 11.8. The zero-order chi connectivity index (χ0) is 11.7. The summed E-state index contributed by atoms with van der Waals surface area (Å²) >= 11 is 0. The van der Waals surface area contributed by atoms with E-state index in [1.807, 2.05) is 13.8 Å². The molecule has 0 aliphatic carbocycles. The van der Waals surface area contributed by atoms with Crippen LogP contribution in [-0.2, 0) is 32.0 Å². The van der Waals surface area contributed by atoms with Gasteiger partial charge in [-0.1, -0.05) is 27.7 Å². The number of rotatable bonds is 4. The van der Waals surface area contributed by atoms with Crippen LogP contribution in [0, 0.1) is 11.8 Å². The van der Waals surface area contributed by atoms with Crippen LogP contribution < -0.4 is 10.2 Å². The number of carbonyl (C=O) groups is 2. The fourth-order valence-electron chi connectivity index (χ4n) is 0.333. The van der Waals surface area contributed by atoms with Gasteiger partial charge in [-0.05, 0) is 24.7 Å². The van der Waals surface area contributed by atoms with E-state index in [0.29, 0.717) is 12.8 Å². The van der Waals surface area contributed by atoms with Crippen LogP contribution in [0.1, 0.15) is 40.5 Å². The zero-order valence-electron chi connectivity index (χ0n) is 9.65. The monoisotopic (exact) mass is 295 g/mol. The molecule has 0 amide bonds. The molecule has 2 unspecified atom stereocenters. The zero-order valence-corrected chi connectivity index (χ0v) is 11.8. The summed E-state index contributed by atoms with van der Waals surface area (Å²) in [6.45, 7) is 6.91. The van der Waals surface area contributed by atoms with Gasteiger partial charge in [0.05, 0.1) is 0 Å². The summed E-state index contributed by atoms with van der Waals surface area (Å²) in [4.78, 5) is 19.6. The van der Waals surface area contributed by atoms with Gasteiger partial charge >= 0.3 is 22.4 Å². The maximum absolute atomic E-state index is 9.82. The van der Waals surface area contributed by atoms with E-state index in [0.717, 1.165) is 0 Å². The smallest absolute Gasteiger partial charge is 0.550 e. The number of aliphatic carboxylic acids is 2. The Kier molecular flexibility index (Phi) is 15.8. The SMILES string of the molecule is CCC(C)C(=O)[O-].CCC(C)C(=O)[O-].[Nb+2]. The number of carboxylic acids is 2. The molecule has 0 saturated carbocycles. The molecule has 0 heterocycles. The first-order chi connectivity index (χ1) is 6.36. The first-order valence-electron chi connectivity index (χ1n) is 4.78. The van der Waals surface area contributed by atoms with E-state index in [2.05, 4.69) is 0 Å². The number of carboxylic acid groups (broad SMARTS) is 2. The van der Waals surface area contributed by atoms with Gasteiger partial charge in [-0.3, -0.25) is 0 Å². The summed E-state index contributed by atoms with van der Waals surface area (Å²) < 4.78 is 0. The Bertz CT molecular complexity index is 162. The molecule has 0 spiro atoms. The molecule has 87 valence electrons. The van der Waals surface area contributed by atoms with Gasteiger partial charge in [-0.25, -0.2) is 0 Å². The Morgan fingerprint density at radius 2 is 1.13 bits per heavy atom. The Labute approximate surface area is 107 Å². The third kappa shape index (κ3) is 13.7. The third-order valence-corrected chi connectivity index (χ3v) is 2.03. The molecule has 0 aromatic heterocycles. The van der Waals surface area contributed by atoms with Crippen LogP contribution >= 0.6 is 0 Å². The van der Waals surface area contributed by atoms with Gasteiger partial charge in [0.25, 0.3) is 0 Å². The van der Waals surface area contributed by atoms with Crippen LogP contribution in [0.25, 0.3) is 0 Å². The van der Waals surface area contributed by atoms with Crippen molar-refractivity contribution in [3.63, 3.8) is 0 Å². The minimum atomic E-state index is -0.956. The standard InChI is InChI=1S/2C5H10O2.Nb/c2*1-3-4(2)5(6)7;/h2*4H,3H2,1-2H3,(H,6,7);/q;;+2/p-2. The number of carbonyl (C=O) groups excluding carboxylic acids is 2. The van der Waals surface area contributed by atoms with Gasteiger partial charge in [-0.2, -0.15) is 0 Å². The molecule has 0 bridgehead atoms. The van der Waals surface area contributed by atoms with E-state index in [1.165, 1.54) is 0 Å².